The summed E-state index contributed by atoms with van der Waals surface area (Å²) in [5.41, 5.74) is -1.14. The SMILES string of the molecule is O=Cc1c(O)c([N+](=O)[O-])cc(-c2ccccc2)c1F. The van der Waals surface area contributed by atoms with Crippen LogP contribution in [0.25, 0.3) is 11.1 Å². The van der Waals surface area contributed by atoms with Gasteiger partial charge in [0, 0.05) is 11.6 Å². The Morgan fingerprint density at radius 2 is 1.89 bits per heavy atom. The Labute approximate surface area is 107 Å². The summed E-state index contributed by atoms with van der Waals surface area (Å²) >= 11 is 0. The van der Waals surface area contributed by atoms with Gasteiger partial charge in [0.1, 0.15) is 5.82 Å². The molecule has 0 bridgehead atoms. The fourth-order valence-electron chi connectivity index (χ4n) is 1.73. The van der Waals surface area contributed by atoms with Crippen LogP contribution in [0.3, 0.4) is 0 Å². The number of aldehydes is 1. The number of carbonyl (C=O) groups excluding carboxylic acids is 1. The Balaban J connectivity index is 2.79. The zero-order valence-electron chi connectivity index (χ0n) is 9.54. The van der Waals surface area contributed by atoms with E-state index in [1.807, 2.05) is 0 Å². The van der Waals surface area contributed by atoms with E-state index in [4.69, 9.17) is 0 Å². The van der Waals surface area contributed by atoms with Gasteiger partial charge in [-0.1, -0.05) is 30.3 Å². The quantitative estimate of drug-likeness (QED) is 0.523. The van der Waals surface area contributed by atoms with Gasteiger partial charge in [0.05, 0.1) is 10.5 Å². The first-order chi connectivity index (χ1) is 9.06. The van der Waals surface area contributed by atoms with Crippen LogP contribution >= 0.6 is 0 Å². The van der Waals surface area contributed by atoms with Crippen molar-refractivity contribution in [2.24, 2.45) is 0 Å². The van der Waals surface area contributed by atoms with Gasteiger partial charge in [-0.15, -0.1) is 0 Å². The number of rotatable bonds is 3. The van der Waals surface area contributed by atoms with Gasteiger partial charge < -0.3 is 5.11 Å². The average Bonchev–Trinajstić information content (AvgIpc) is 2.40. The molecular weight excluding hydrogens is 253 g/mol. The van der Waals surface area contributed by atoms with Crippen molar-refractivity contribution in [2.75, 3.05) is 0 Å². The maximum atomic E-state index is 14.0. The van der Waals surface area contributed by atoms with Gasteiger partial charge in [-0.05, 0) is 5.56 Å². The molecular formula is C13H8FNO4. The smallest absolute Gasteiger partial charge is 0.312 e. The standard InChI is InChI=1S/C13H8FNO4/c14-12-9(8-4-2-1-3-5-8)6-11(15(18)19)13(17)10(12)7-16/h1-7,17H. The summed E-state index contributed by atoms with van der Waals surface area (Å²) in [7, 11) is 0. The minimum absolute atomic E-state index is 0.0596. The lowest BCUT2D eigenvalue weighted by Crippen LogP contribution is -1.98. The molecule has 0 fully saturated rings. The number of benzene rings is 2. The summed E-state index contributed by atoms with van der Waals surface area (Å²) in [5, 5.41) is 20.3. The first-order valence-electron chi connectivity index (χ1n) is 5.26. The maximum Gasteiger partial charge on any atom is 0.312 e. The summed E-state index contributed by atoms with van der Waals surface area (Å²) in [6, 6.07) is 8.98. The number of aromatic hydroxyl groups is 1. The van der Waals surface area contributed by atoms with Gasteiger partial charge in [0.25, 0.3) is 0 Å². The Morgan fingerprint density at radius 3 is 2.42 bits per heavy atom. The first kappa shape index (κ1) is 12.7. The lowest BCUT2D eigenvalue weighted by atomic mass is 10.0. The summed E-state index contributed by atoms with van der Waals surface area (Å²) < 4.78 is 14.0. The molecule has 0 heterocycles. The highest BCUT2D eigenvalue weighted by Gasteiger charge is 2.24. The van der Waals surface area contributed by atoms with Crippen molar-refractivity contribution in [3.8, 4) is 16.9 Å². The van der Waals surface area contributed by atoms with Crippen LogP contribution in [-0.4, -0.2) is 16.3 Å². The second-order valence-corrected chi connectivity index (χ2v) is 3.76. The molecule has 0 aromatic heterocycles. The molecule has 6 heteroatoms. The number of nitrogens with zero attached hydrogens (tertiary/aromatic N) is 1. The van der Waals surface area contributed by atoms with Crippen LogP contribution in [0.5, 0.6) is 5.75 Å². The Kier molecular flexibility index (Phi) is 3.24. The van der Waals surface area contributed by atoms with E-state index >= 15 is 0 Å². The van der Waals surface area contributed by atoms with E-state index in [1.54, 1.807) is 30.3 Å². The lowest BCUT2D eigenvalue weighted by molar-refractivity contribution is -0.385. The molecule has 0 atom stereocenters. The molecule has 19 heavy (non-hydrogen) atoms. The highest BCUT2D eigenvalue weighted by molar-refractivity contribution is 5.86. The molecule has 0 saturated heterocycles. The third-order valence-corrected chi connectivity index (χ3v) is 2.65. The lowest BCUT2D eigenvalue weighted by Gasteiger charge is -2.07. The van der Waals surface area contributed by atoms with Crippen molar-refractivity contribution in [2.45, 2.75) is 0 Å². The van der Waals surface area contributed by atoms with E-state index in [1.165, 1.54) is 0 Å². The molecule has 0 aliphatic rings. The molecule has 1 N–H and O–H groups in total. The molecule has 96 valence electrons. The van der Waals surface area contributed by atoms with Gasteiger partial charge in [0.2, 0.25) is 5.75 Å². The number of halogens is 1. The zero-order valence-corrected chi connectivity index (χ0v) is 9.54. The van der Waals surface area contributed by atoms with Gasteiger partial charge in [0.15, 0.2) is 6.29 Å². The van der Waals surface area contributed by atoms with Crippen LogP contribution in [0, 0.1) is 15.9 Å². The molecule has 0 unspecified atom stereocenters. The predicted octanol–water partition coefficient (Wildman–Crippen LogP) is 2.92. The molecule has 2 aromatic rings. The van der Waals surface area contributed by atoms with Crippen molar-refractivity contribution in [3.63, 3.8) is 0 Å². The predicted molar refractivity (Wildman–Crippen MR) is 65.5 cm³/mol. The number of phenols is 1. The highest BCUT2D eigenvalue weighted by atomic mass is 19.1. The number of nitro groups is 1. The van der Waals surface area contributed by atoms with E-state index in [9.17, 15) is 24.4 Å². The van der Waals surface area contributed by atoms with Crippen molar-refractivity contribution >= 4 is 12.0 Å². The van der Waals surface area contributed by atoms with Crippen molar-refractivity contribution in [1.29, 1.82) is 0 Å². The highest BCUT2D eigenvalue weighted by Crippen LogP contribution is 2.37. The van der Waals surface area contributed by atoms with Gasteiger partial charge in [-0.2, -0.15) is 0 Å². The third kappa shape index (κ3) is 2.15. The molecule has 5 nitrogen and oxygen atoms in total. The summed E-state index contributed by atoms with van der Waals surface area (Å²) in [4.78, 5) is 20.7. The van der Waals surface area contributed by atoms with E-state index in [2.05, 4.69) is 0 Å². The van der Waals surface area contributed by atoms with Crippen LogP contribution in [0.15, 0.2) is 36.4 Å². The molecule has 0 spiro atoms. The van der Waals surface area contributed by atoms with Crippen molar-refractivity contribution in [3.05, 3.63) is 57.9 Å². The summed E-state index contributed by atoms with van der Waals surface area (Å²) in [6.07, 6.45) is 0.0596. The molecule has 0 aliphatic heterocycles. The van der Waals surface area contributed by atoms with Crippen LogP contribution in [0.2, 0.25) is 0 Å². The first-order valence-corrected chi connectivity index (χ1v) is 5.26. The average molecular weight is 261 g/mol. The number of phenolic OH excluding ortho intramolecular Hbond substituents is 1. The molecule has 0 radical (unpaired) electrons. The number of carbonyl (C=O) groups is 1. The number of nitro benzene ring substituents is 1. The second kappa shape index (κ2) is 4.85. The van der Waals surface area contributed by atoms with Gasteiger partial charge in [-0.25, -0.2) is 4.39 Å². The molecule has 2 rings (SSSR count). The molecule has 0 aliphatic carbocycles. The van der Waals surface area contributed by atoms with Crippen molar-refractivity contribution in [1.82, 2.24) is 0 Å². The maximum absolute atomic E-state index is 14.0. The Morgan fingerprint density at radius 1 is 1.26 bits per heavy atom. The van der Waals surface area contributed by atoms with Crippen molar-refractivity contribution < 1.29 is 19.2 Å². The monoisotopic (exact) mass is 261 g/mol. The fraction of sp³-hybridized carbons (Fsp3) is 0. The van der Waals surface area contributed by atoms with E-state index in [-0.39, 0.29) is 11.8 Å². The molecule has 0 amide bonds. The number of hydrogen-bond acceptors (Lipinski definition) is 4. The summed E-state index contributed by atoms with van der Waals surface area (Å²) in [5.74, 6) is -1.94. The van der Waals surface area contributed by atoms with Gasteiger partial charge in [-0.3, -0.25) is 14.9 Å². The van der Waals surface area contributed by atoms with Crippen LogP contribution in [-0.2, 0) is 0 Å². The Hall–Kier alpha value is -2.76. The third-order valence-electron chi connectivity index (χ3n) is 2.65. The van der Waals surface area contributed by atoms with Crippen LogP contribution in [0.1, 0.15) is 10.4 Å². The normalized spacial score (nSPS) is 10.2. The second-order valence-electron chi connectivity index (χ2n) is 3.76. The van der Waals surface area contributed by atoms with E-state index in [0.717, 1.165) is 6.07 Å². The summed E-state index contributed by atoms with van der Waals surface area (Å²) in [6.45, 7) is 0. The van der Waals surface area contributed by atoms with Gasteiger partial charge >= 0.3 is 5.69 Å². The minimum Gasteiger partial charge on any atom is -0.502 e. The van der Waals surface area contributed by atoms with Crippen LogP contribution in [0.4, 0.5) is 10.1 Å². The minimum atomic E-state index is -0.982. The largest absolute Gasteiger partial charge is 0.502 e. The zero-order chi connectivity index (χ0) is 14.0. The Bertz CT molecular complexity index is 655. The number of hydrogen-bond donors (Lipinski definition) is 1. The topological polar surface area (TPSA) is 80.4 Å². The van der Waals surface area contributed by atoms with Crippen LogP contribution < -0.4 is 0 Å². The molecule has 0 saturated carbocycles. The van der Waals surface area contributed by atoms with E-state index < -0.39 is 27.7 Å². The van der Waals surface area contributed by atoms with E-state index in [0.29, 0.717) is 5.56 Å². The fourth-order valence-corrected chi connectivity index (χ4v) is 1.73. The molecule has 2 aromatic carbocycles.